The van der Waals surface area contributed by atoms with E-state index in [1.807, 2.05) is 37.3 Å². The Morgan fingerprint density at radius 1 is 1.12 bits per heavy atom. The Labute approximate surface area is 104 Å². The molecule has 1 unspecified atom stereocenters. The van der Waals surface area contributed by atoms with Crippen molar-refractivity contribution in [2.24, 2.45) is 0 Å². The lowest BCUT2D eigenvalue weighted by Crippen LogP contribution is -2.49. The Bertz CT molecular complexity index is 342. The molecular weight excluding hydrogens is 212 g/mol. The van der Waals surface area contributed by atoms with Crippen LogP contribution >= 0.6 is 0 Å². The van der Waals surface area contributed by atoms with Crippen LogP contribution in [0.25, 0.3) is 0 Å². The molecular formula is C14H22N2O. The maximum absolute atomic E-state index is 10.5. The minimum Gasteiger partial charge on any atom is -0.384 e. The van der Waals surface area contributed by atoms with E-state index in [-0.39, 0.29) is 0 Å². The predicted octanol–water partition coefficient (Wildman–Crippen LogP) is 1.14. The van der Waals surface area contributed by atoms with Crippen molar-refractivity contribution in [1.82, 2.24) is 9.80 Å². The van der Waals surface area contributed by atoms with Gasteiger partial charge in [0, 0.05) is 32.7 Å². The van der Waals surface area contributed by atoms with E-state index in [1.165, 1.54) is 0 Å². The maximum atomic E-state index is 10.5. The van der Waals surface area contributed by atoms with Crippen LogP contribution < -0.4 is 0 Å². The molecule has 0 amide bonds. The molecule has 0 spiro atoms. The zero-order chi connectivity index (χ0) is 12.3. The number of rotatable bonds is 3. The average molecular weight is 234 g/mol. The number of nitrogens with zero attached hydrogens (tertiary/aromatic N) is 2. The second-order valence-electron chi connectivity index (χ2n) is 5.22. The van der Waals surface area contributed by atoms with Gasteiger partial charge in [-0.25, -0.2) is 0 Å². The van der Waals surface area contributed by atoms with Crippen molar-refractivity contribution in [2.75, 3.05) is 39.8 Å². The number of hydrogen-bond donors (Lipinski definition) is 1. The van der Waals surface area contributed by atoms with Crippen LogP contribution in [0.1, 0.15) is 12.5 Å². The smallest absolute Gasteiger partial charge is 0.0994 e. The molecule has 1 aromatic rings. The van der Waals surface area contributed by atoms with Gasteiger partial charge in [0.05, 0.1) is 5.60 Å². The van der Waals surface area contributed by atoms with Gasteiger partial charge in [-0.3, -0.25) is 4.90 Å². The first-order valence-electron chi connectivity index (χ1n) is 6.27. The minimum absolute atomic E-state index is 0.713. The summed E-state index contributed by atoms with van der Waals surface area (Å²) in [4.78, 5) is 4.67. The van der Waals surface area contributed by atoms with Gasteiger partial charge in [0.1, 0.15) is 0 Å². The van der Waals surface area contributed by atoms with Crippen LogP contribution in [0.4, 0.5) is 0 Å². The quantitative estimate of drug-likeness (QED) is 0.849. The summed E-state index contributed by atoms with van der Waals surface area (Å²) in [5.74, 6) is 0. The number of β-amino-alcohol motifs (C(OH)–C–C–N with tert-alkyl or cyclic N) is 1. The fourth-order valence-electron chi connectivity index (χ4n) is 2.33. The zero-order valence-electron chi connectivity index (χ0n) is 10.8. The molecule has 1 aromatic carbocycles. The summed E-state index contributed by atoms with van der Waals surface area (Å²) in [6.45, 7) is 6.88. The first-order valence-corrected chi connectivity index (χ1v) is 6.27. The normalized spacial score (nSPS) is 22.3. The van der Waals surface area contributed by atoms with Crippen LogP contribution in [-0.2, 0) is 5.60 Å². The van der Waals surface area contributed by atoms with Crippen LogP contribution in [0.3, 0.4) is 0 Å². The van der Waals surface area contributed by atoms with Crippen molar-refractivity contribution < 1.29 is 5.11 Å². The van der Waals surface area contributed by atoms with Gasteiger partial charge < -0.3 is 10.0 Å². The third kappa shape index (κ3) is 3.28. The molecule has 0 bridgehead atoms. The number of likely N-dealkylation sites (N-methyl/N-ethyl adjacent to an activating group) is 1. The van der Waals surface area contributed by atoms with Crippen molar-refractivity contribution in [3.63, 3.8) is 0 Å². The molecule has 94 valence electrons. The summed E-state index contributed by atoms with van der Waals surface area (Å²) in [5, 5.41) is 10.5. The van der Waals surface area contributed by atoms with E-state index in [9.17, 15) is 5.11 Å². The minimum atomic E-state index is -0.753. The van der Waals surface area contributed by atoms with Crippen LogP contribution in [-0.4, -0.2) is 54.7 Å². The van der Waals surface area contributed by atoms with Crippen molar-refractivity contribution in [2.45, 2.75) is 12.5 Å². The summed E-state index contributed by atoms with van der Waals surface area (Å²) in [6, 6.07) is 9.93. The molecule has 1 aliphatic heterocycles. The summed E-state index contributed by atoms with van der Waals surface area (Å²) in [5.41, 5.74) is 0.246. The van der Waals surface area contributed by atoms with E-state index >= 15 is 0 Å². The second-order valence-corrected chi connectivity index (χ2v) is 5.22. The summed E-state index contributed by atoms with van der Waals surface area (Å²) in [7, 11) is 2.15. The van der Waals surface area contributed by atoms with Gasteiger partial charge >= 0.3 is 0 Å². The van der Waals surface area contributed by atoms with E-state index in [4.69, 9.17) is 0 Å². The highest BCUT2D eigenvalue weighted by Gasteiger charge is 2.27. The van der Waals surface area contributed by atoms with Gasteiger partial charge in [-0.15, -0.1) is 0 Å². The molecule has 3 nitrogen and oxygen atoms in total. The molecule has 2 rings (SSSR count). The fraction of sp³-hybridized carbons (Fsp3) is 0.571. The highest BCUT2D eigenvalue weighted by atomic mass is 16.3. The first-order chi connectivity index (χ1) is 8.08. The maximum Gasteiger partial charge on any atom is 0.0994 e. The van der Waals surface area contributed by atoms with Crippen LogP contribution in [0.15, 0.2) is 30.3 Å². The van der Waals surface area contributed by atoms with Crippen LogP contribution in [0.2, 0.25) is 0 Å². The van der Waals surface area contributed by atoms with E-state index in [0.717, 1.165) is 31.7 Å². The lowest BCUT2D eigenvalue weighted by molar-refractivity contribution is 0.00308. The lowest BCUT2D eigenvalue weighted by atomic mass is 9.95. The fourth-order valence-corrected chi connectivity index (χ4v) is 2.33. The van der Waals surface area contributed by atoms with Gasteiger partial charge in [-0.1, -0.05) is 30.3 Å². The first kappa shape index (κ1) is 12.6. The molecule has 0 aliphatic carbocycles. The standard InChI is InChI=1S/C14H22N2O/c1-14(17,13-6-4-3-5-7-13)12-16-10-8-15(2)9-11-16/h3-7,17H,8-12H2,1-2H3. The Kier molecular flexibility index (Phi) is 3.82. The van der Waals surface area contributed by atoms with Crippen molar-refractivity contribution in [3.05, 3.63) is 35.9 Å². The summed E-state index contributed by atoms with van der Waals surface area (Å²) < 4.78 is 0. The second kappa shape index (κ2) is 5.17. The molecule has 1 saturated heterocycles. The SMILES string of the molecule is CN1CCN(CC(C)(O)c2ccccc2)CC1. The van der Waals surface area contributed by atoms with Crippen molar-refractivity contribution in [3.8, 4) is 0 Å². The average Bonchev–Trinajstić information content (AvgIpc) is 2.33. The molecule has 17 heavy (non-hydrogen) atoms. The Hall–Kier alpha value is -0.900. The number of aliphatic hydroxyl groups is 1. The number of piperazine rings is 1. The zero-order valence-corrected chi connectivity index (χ0v) is 10.8. The van der Waals surface area contributed by atoms with E-state index < -0.39 is 5.60 Å². The van der Waals surface area contributed by atoms with Gasteiger partial charge in [-0.2, -0.15) is 0 Å². The topological polar surface area (TPSA) is 26.7 Å². The van der Waals surface area contributed by atoms with Gasteiger partial charge in [0.15, 0.2) is 0 Å². The molecule has 1 atom stereocenters. The Balaban J connectivity index is 1.98. The molecule has 0 radical (unpaired) electrons. The largest absolute Gasteiger partial charge is 0.384 e. The van der Waals surface area contributed by atoms with Crippen LogP contribution in [0.5, 0.6) is 0 Å². The molecule has 1 heterocycles. The molecule has 0 saturated carbocycles. The molecule has 3 heteroatoms. The third-order valence-electron chi connectivity index (χ3n) is 3.52. The highest BCUT2D eigenvalue weighted by Crippen LogP contribution is 2.21. The van der Waals surface area contributed by atoms with Crippen molar-refractivity contribution in [1.29, 1.82) is 0 Å². The van der Waals surface area contributed by atoms with E-state index in [1.54, 1.807) is 0 Å². The number of benzene rings is 1. The monoisotopic (exact) mass is 234 g/mol. The van der Waals surface area contributed by atoms with Crippen LogP contribution in [0, 0.1) is 0 Å². The summed E-state index contributed by atoms with van der Waals surface area (Å²) in [6.07, 6.45) is 0. The Morgan fingerprint density at radius 3 is 2.29 bits per heavy atom. The van der Waals surface area contributed by atoms with Gasteiger partial charge in [0.25, 0.3) is 0 Å². The molecule has 0 aromatic heterocycles. The predicted molar refractivity (Wildman–Crippen MR) is 69.9 cm³/mol. The highest BCUT2D eigenvalue weighted by molar-refractivity contribution is 5.21. The lowest BCUT2D eigenvalue weighted by Gasteiger charge is -2.37. The third-order valence-corrected chi connectivity index (χ3v) is 3.52. The van der Waals surface area contributed by atoms with Gasteiger partial charge in [-0.05, 0) is 19.5 Å². The summed E-state index contributed by atoms with van der Waals surface area (Å²) >= 11 is 0. The van der Waals surface area contributed by atoms with Gasteiger partial charge in [0.2, 0.25) is 0 Å². The molecule has 1 aliphatic rings. The molecule has 1 fully saturated rings. The van der Waals surface area contributed by atoms with E-state index in [0.29, 0.717) is 6.54 Å². The van der Waals surface area contributed by atoms with E-state index in [2.05, 4.69) is 16.8 Å². The number of hydrogen-bond acceptors (Lipinski definition) is 3. The molecule has 1 N–H and O–H groups in total. The Morgan fingerprint density at radius 2 is 1.71 bits per heavy atom. The van der Waals surface area contributed by atoms with Crippen molar-refractivity contribution >= 4 is 0 Å².